The van der Waals surface area contributed by atoms with Gasteiger partial charge in [-0.1, -0.05) is 24.3 Å². The van der Waals surface area contributed by atoms with Gasteiger partial charge in [-0.3, -0.25) is 14.5 Å². The van der Waals surface area contributed by atoms with E-state index in [1.54, 1.807) is 43.4 Å². The predicted octanol–water partition coefficient (Wildman–Crippen LogP) is 3.10. The van der Waals surface area contributed by atoms with Gasteiger partial charge in [0.05, 0.1) is 12.2 Å². The monoisotopic (exact) mass is 314 g/mol. The zero-order chi connectivity index (χ0) is 16.8. The van der Waals surface area contributed by atoms with Gasteiger partial charge in [-0.25, -0.2) is 4.39 Å². The minimum atomic E-state index is -0.282. The number of Topliss-reactive ketones (excluding diaryl/α,β-unsaturated/α-hetero) is 1. The third-order valence-corrected chi connectivity index (χ3v) is 3.36. The van der Waals surface area contributed by atoms with Gasteiger partial charge in [-0.05, 0) is 43.8 Å². The summed E-state index contributed by atoms with van der Waals surface area (Å²) in [5, 5.41) is 2.76. The molecule has 5 heteroatoms. The molecular formula is C18H19FN2O2. The van der Waals surface area contributed by atoms with Crippen molar-refractivity contribution in [1.29, 1.82) is 0 Å². The maximum atomic E-state index is 12.9. The van der Waals surface area contributed by atoms with Crippen molar-refractivity contribution in [3.63, 3.8) is 0 Å². The minimum absolute atomic E-state index is 0.0967. The second-order valence-electron chi connectivity index (χ2n) is 5.45. The Bertz CT molecular complexity index is 698. The Hall–Kier alpha value is -2.53. The van der Waals surface area contributed by atoms with Gasteiger partial charge in [0.1, 0.15) is 5.82 Å². The molecule has 0 aromatic heterocycles. The van der Waals surface area contributed by atoms with E-state index >= 15 is 0 Å². The molecule has 1 amide bonds. The molecule has 0 heterocycles. The Morgan fingerprint density at radius 2 is 1.74 bits per heavy atom. The lowest BCUT2D eigenvalue weighted by Crippen LogP contribution is -2.30. The summed E-state index contributed by atoms with van der Waals surface area (Å²) in [5.41, 5.74) is 1.92. The summed E-state index contributed by atoms with van der Waals surface area (Å²) < 4.78 is 12.9. The van der Waals surface area contributed by atoms with Crippen LogP contribution >= 0.6 is 0 Å². The number of likely N-dealkylation sites (N-methyl/N-ethyl adjacent to an activating group) is 1. The molecule has 0 fully saturated rings. The molecule has 0 unspecified atom stereocenters. The van der Waals surface area contributed by atoms with E-state index in [1.807, 2.05) is 4.90 Å². The number of nitrogens with one attached hydrogen (secondary N) is 1. The summed E-state index contributed by atoms with van der Waals surface area (Å²) in [4.78, 5) is 25.5. The zero-order valence-corrected chi connectivity index (χ0v) is 13.2. The minimum Gasteiger partial charge on any atom is -0.324 e. The van der Waals surface area contributed by atoms with E-state index in [2.05, 4.69) is 5.32 Å². The SMILES string of the molecule is CC(=O)c1ccccc1NC(=O)CN(C)Cc1ccc(F)cc1. The molecule has 0 atom stereocenters. The third-order valence-electron chi connectivity index (χ3n) is 3.36. The van der Waals surface area contributed by atoms with Crippen molar-refractivity contribution in [1.82, 2.24) is 4.90 Å². The number of ketones is 1. The highest BCUT2D eigenvalue weighted by molar-refractivity contribution is 6.04. The fourth-order valence-electron chi connectivity index (χ4n) is 2.29. The Morgan fingerprint density at radius 1 is 1.09 bits per heavy atom. The van der Waals surface area contributed by atoms with Gasteiger partial charge in [0.15, 0.2) is 5.78 Å². The number of hydrogen-bond donors (Lipinski definition) is 1. The van der Waals surface area contributed by atoms with Gasteiger partial charge in [0, 0.05) is 12.1 Å². The average Bonchev–Trinajstić information content (AvgIpc) is 2.49. The Labute approximate surface area is 134 Å². The molecule has 2 aromatic rings. The first-order valence-electron chi connectivity index (χ1n) is 7.28. The summed E-state index contributed by atoms with van der Waals surface area (Å²) in [5.74, 6) is -0.584. The van der Waals surface area contributed by atoms with Gasteiger partial charge >= 0.3 is 0 Å². The van der Waals surface area contributed by atoms with E-state index in [0.29, 0.717) is 17.8 Å². The number of benzene rings is 2. The Kier molecular flexibility index (Phi) is 5.60. The molecule has 2 aromatic carbocycles. The van der Waals surface area contributed by atoms with E-state index in [0.717, 1.165) is 5.56 Å². The normalized spacial score (nSPS) is 10.6. The van der Waals surface area contributed by atoms with Crippen LogP contribution in [0.15, 0.2) is 48.5 Å². The van der Waals surface area contributed by atoms with Crippen molar-refractivity contribution in [2.45, 2.75) is 13.5 Å². The molecule has 1 N–H and O–H groups in total. The number of hydrogen-bond acceptors (Lipinski definition) is 3. The van der Waals surface area contributed by atoms with Crippen LogP contribution in [0.5, 0.6) is 0 Å². The van der Waals surface area contributed by atoms with Gasteiger partial charge in [-0.2, -0.15) is 0 Å². The zero-order valence-electron chi connectivity index (χ0n) is 13.2. The summed E-state index contributed by atoms with van der Waals surface area (Å²) in [6.45, 7) is 2.16. The molecule has 0 bridgehead atoms. The lowest BCUT2D eigenvalue weighted by atomic mass is 10.1. The van der Waals surface area contributed by atoms with Gasteiger partial charge in [-0.15, -0.1) is 0 Å². The smallest absolute Gasteiger partial charge is 0.238 e. The molecule has 0 radical (unpaired) electrons. The molecule has 2 rings (SSSR count). The number of rotatable bonds is 6. The lowest BCUT2D eigenvalue weighted by Gasteiger charge is -2.17. The Morgan fingerprint density at radius 3 is 2.39 bits per heavy atom. The molecule has 0 saturated carbocycles. The summed E-state index contributed by atoms with van der Waals surface area (Å²) >= 11 is 0. The second-order valence-corrected chi connectivity index (χ2v) is 5.45. The first-order chi connectivity index (χ1) is 11.0. The molecule has 0 saturated heterocycles. The van der Waals surface area contributed by atoms with Crippen molar-refractivity contribution in [3.8, 4) is 0 Å². The molecule has 23 heavy (non-hydrogen) atoms. The molecule has 4 nitrogen and oxygen atoms in total. The highest BCUT2D eigenvalue weighted by Crippen LogP contribution is 2.15. The third kappa shape index (κ3) is 5.00. The molecular weight excluding hydrogens is 295 g/mol. The van der Waals surface area contributed by atoms with Crippen molar-refractivity contribution in [2.75, 3.05) is 18.9 Å². The number of anilines is 1. The summed E-state index contributed by atoms with van der Waals surface area (Å²) in [6.07, 6.45) is 0. The van der Waals surface area contributed by atoms with Gasteiger partial charge in [0.25, 0.3) is 0 Å². The summed E-state index contributed by atoms with van der Waals surface area (Å²) in [6, 6.07) is 13.1. The van der Waals surface area contributed by atoms with E-state index in [1.165, 1.54) is 19.1 Å². The van der Waals surface area contributed by atoms with Crippen LogP contribution in [0.4, 0.5) is 10.1 Å². The van der Waals surface area contributed by atoms with Crippen molar-refractivity contribution >= 4 is 17.4 Å². The van der Waals surface area contributed by atoms with Crippen LogP contribution in [0.1, 0.15) is 22.8 Å². The predicted molar refractivity (Wildman–Crippen MR) is 87.8 cm³/mol. The lowest BCUT2D eigenvalue weighted by molar-refractivity contribution is -0.117. The fourth-order valence-corrected chi connectivity index (χ4v) is 2.29. The summed E-state index contributed by atoms with van der Waals surface area (Å²) in [7, 11) is 1.81. The van der Waals surface area contributed by atoms with Crippen LogP contribution < -0.4 is 5.32 Å². The molecule has 0 aliphatic heterocycles. The average molecular weight is 314 g/mol. The standard InChI is InChI=1S/C18H19FN2O2/c1-13(22)16-5-3-4-6-17(16)20-18(23)12-21(2)11-14-7-9-15(19)10-8-14/h3-10H,11-12H2,1-2H3,(H,20,23). The first kappa shape index (κ1) is 16.8. The van der Waals surface area contributed by atoms with Crippen LogP contribution in [-0.4, -0.2) is 30.2 Å². The second kappa shape index (κ2) is 7.65. The topological polar surface area (TPSA) is 49.4 Å². The number of amides is 1. The number of nitrogens with zero attached hydrogens (tertiary/aromatic N) is 1. The molecule has 120 valence electrons. The van der Waals surface area contributed by atoms with Crippen LogP contribution in [0.25, 0.3) is 0 Å². The molecule has 0 aliphatic carbocycles. The van der Waals surface area contributed by atoms with Crippen LogP contribution in [0, 0.1) is 5.82 Å². The number of carbonyl (C=O) groups is 2. The van der Waals surface area contributed by atoms with Gasteiger partial charge < -0.3 is 5.32 Å². The number of carbonyl (C=O) groups excluding carboxylic acids is 2. The number of halogens is 1. The van der Waals surface area contributed by atoms with Crippen molar-refractivity contribution in [3.05, 3.63) is 65.5 Å². The quantitative estimate of drug-likeness (QED) is 0.834. The largest absolute Gasteiger partial charge is 0.324 e. The van der Waals surface area contributed by atoms with Crippen LogP contribution in [0.2, 0.25) is 0 Å². The molecule has 0 aliphatic rings. The first-order valence-corrected chi connectivity index (χ1v) is 7.28. The van der Waals surface area contributed by atoms with Crippen LogP contribution in [-0.2, 0) is 11.3 Å². The Balaban J connectivity index is 1.94. The highest BCUT2D eigenvalue weighted by Gasteiger charge is 2.11. The maximum absolute atomic E-state index is 12.9. The van der Waals surface area contributed by atoms with Crippen LogP contribution in [0.3, 0.4) is 0 Å². The fraction of sp³-hybridized carbons (Fsp3) is 0.222. The van der Waals surface area contributed by atoms with E-state index in [-0.39, 0.29) is 24.1 Å². The molecule has 0 spiro atoms. The number of para-hydroxylation sites is 1. The van der Waals surface area contributed by atoms with Gasteiger partial charge in [0.2, 0.25) is 5.91 Å². The van der Waals surface area contributed by atoms with E-state index in [4.69, 9.17) is 0 Å². The van der Waals surface area contributed by atoms with Crippen molar-refractivity contribution in [2.24, 2.45) is 0 Å². The maximum Gasteiger partial charge on any atom is 0.238 e. The van der Waals surface area contributed by atoms with E-state index < -0.39 is 0 Å². The van der Waals surface area contributed by atoms with E-state index in [9.17, 15) is 14.0 Å². The highest BCUT2D eigenvalue weighted by atomic mass is 19.1. The van der Waals surface area contributed by atoms with Crippen molar-refractivity contribution < 1.29 is 14.0 Å².